The largest absolute Gasteiger partial charge is 0.393 e. The molecule has 1 aromatic carbocycles. The average molecular weight is 280 g/mol. The molecule has 1 saturated carbocycles. The lowest BCUT2D eigenvalue weighted by atomic mass is 10.1. The van der Waals surface area contributed by atoms with Crippen molar-refractivity contribution in [3.8, 4) is 0 Å². The highest BCUT2D eigenvalue weighted by atomic mass is 19.1. The maximum atomic E-state index is 12.8. The number of carbonyl (C=O) groups excluding carboxylic acids is 1. The third kappa shape index (κ3) is 3.93. The van der Waals surface area contributed by atoms with Crippen LogP contribution >= 0.6 is 0 Å². The first-order valence-corrected chi connectivity index (χ1v) is 6.97. The molecule has 1 aromatic rings. The Morgan fingerprint density at radius 2 is 2.10 bits per heavy atom. The second-order valence-corrected chi connectivity index (χ2v) is 5.42. The Morgan fingerprint density at radius 3 is 2.70 bits per heavy atom. The Bertz CT molecular complexity index is 450. The predicted molar refractivity (Wildman–Crippen MR) is 74.6 cm³/mol. The van der Waals surface area contributed by atoms with Gasteiger partial charge in [-0.2, -0.15) is 0 Å². The number of nitrogens with zero attached hydrogens (tertiary/aromatic N) is 1. The van der Waals surface area contributed by atoms with Crippen molar-refractivity contribution >= 4 is 6.03 Å². The molecule has 1 aliphatic rings. The van der Waals surface area contributed by atoms with E-state index in [0.29, 0.717) is 13.1 Å². The molecule has 0 aliphatic heterocycles. The van der Waals surface area contributed by atoms with E-state index in [4.69, 9.17) is 0 Å². The molecule has 1 aliphatic carbocycles. The van der Waals surface area contributed by atoms with E-state index in [9.17, 15) is 14.3 Å². The molecule has 4 nitrogen and oxygen atoms in total. The number of amides is 2. The van der Waals surface area contributed by atoms with Crippen molar-refractivity contribution < 1.29 is 14.3 Å². The fourth-order valence-electron chi connectivity index (χ4n) is 2.58. The molecule has 110 valence electrons. The Balaban J connectivity index is 1.77. The van der Waals surface area contributed by atoms with E-state index in [1.54, 1.807) is 24.1 Å². The van der Waals surface area contributed by atoms with E-state index in [1.807, 2.05) is 0 Å². The normalized spacial score (nSPS) is 21.8. The van der Waals surface area contributed by atoms with Crippen LogP contribution in [0.4, 0.5) is 9.18 Å². The van der Waals surface area contributed by atoms with Crippen LogP contribution in [-0.4, -0.2) is 35.7 Å². The van der Waals surface area contributed by atoms with Gasteiger partial charge in [0.25, 0.3) is 0 Å². The number of hydrogen-bond acceptors (Lipinski definition) is 2. The topological polar surface area (TPSA) is 52.6 Å². The summed E-state index contributed by atoms with van der Waals surface area (Å²) in [6.45, 7) is 0.938. The lowest BCUT2D eigenvalue weighted by Gasteiger charge is -2.23. The zero-order valence-electron chi connectivity index (χ0n) is 11.7. The maximum absolute atomic E-state index is 12.8. The first-order chi connectivity index (χ1) is 9.56. The molecule has 2 atom stereocenters. The highest BCUT2D eigenvalue weighted by Crippen LogP contribution is 2.25. The van der Waals surface area contributed by atoms with Crippen LogP contribution in [0.1, 0.15) is 24.8 Å². The summed E-state index contributed by atoms with van der Waals surface area (Å²) in [5, 5.41) is 12.5. The van der Waals surface area contributed by atoms with Gasteiger partial charge in [0.05, 0.1) is 6.10 Å². The summed E-state index contributed by atoms with van der Waals surface area (Å²) in [6.07, 6.45) is 2.53. The monoisotopic (exact) mass is 280 g/mol. The van der Waals surface area contributed by atoms with Gasteiger partial charge in [0, 0.05) is 26.1 Å². The lowest BCUT2D eigenvalue weighted by Crippen LogP contribution is -2.40. The Kier molecular flexibility index (Phi) is 4.95. The van der Waals surface area contributed by atoms with Gasteiger partial charge in [0.15, 0.2) is 0 Å². The molecule has 0 bridgehead atoms. The minimum atomic E-state index is -0.289. The molecule has 5 heteroatoms. The second-order valence-electron chi connectivity index (χ2n) is 5.42. The third-order valence-electron chi connectivity index (χ3n) is 3.83. The van der Waals surface area contributed by atoms with Crippen LogP contribution in [0.3, 0.4) is 0 Å². The van der Waals surface area contributed by atoms with Crippen LogP contribution in [-0.2, 0) is 6.54 Å². The summed E-state index contributed by atoms with van der Waals surface area (Å²) in [5.41, 5.74) is 0.856. The van der Waals surface area contributed by atoms with Gasteiger partial charge in [0.1, 0.15) is 5.82 Å². The minimum absolute atomic E-state index is 0.173. The first-order valence-electron chi connectivity index (χ1n) is 6.97. The van der Waals surface area contributed by atoms with Crippen molar-refractivity contribution in [3.05, 3.63) is 35.6 Å². The molecule has 2 N–H and O–H groups in total. The number of carbonyl (C=O) groups is 1. The van der Waals surface area contributed by atoms with Crippen molar-refractivity contribution in [2.45, 2.75) is 31.9 Å². The van der Waals surface area contributed by atoms with Crippen LogP contribution < -0.4 is 5.32 Å². The van der Waals surface area contributed by atoms with Crippen LogP contribution in [0.15, 0.2) is 24.3 Å². The molecule has 0 spiro atoms. The highest BCUT2D eigenvalue weighted by molar-refractivity contribution is 5.73. The number of halogens is 1. The fraction of sp³-hybridized carbons (Fsp3) is 0.533. The predicted octanol–water partition coefficient (Wildman–Crippen LogP) is 2.13. The standard InChI is InChI=1S/C15H21FN2O2/c1-18(10-12-3-2-4-14(12)19)15(20)17-9-11-5-7-13(16)8-6-11/h5-8,12,14,19H,2-4,9-10H2,1H3,(H,17,20). The molecule has 0 heterocycles. The molecule has 2 amide bonds. The number of hydrogen-bond donors (Lipinski definition) is 2. The van der Waals surface area contributed by atoms with Gasteiger partial charge >= 0.3 is 6.03 Å². The zero-order valence-corrected chi connectivity index (χ0v) is 11.7. The summed E-state index contributed by atoms with van der Waals surface area (Å²) in [6, 6.07) is 5.88. The SMILES string of the molecule is CN(CC1CCCC1O)C(=O)NCc1ccc(F)cc1. The summed E-state index contributed by atoms with van der Waals surface area (Å²) in [4.78, 5) is 13.5. The number of aliphatic hydroxyl groups excluding tert-OH is 1. The van der Waals surface area contributed by atoms with Crippen molar-refractivity contribution in [2.75, 3.05) is 13.6 Å². The second kappa shape index (κ2) is 6.70. The Hall–Kier alpha value is -1.62. The van der Waals surface area contributed by atoms with Crippen LogP contribution in [0.25, 0.3) is 0 Å². The molecule has 2 unspecified atom stereocenters. The summed E-state index contributed by atoms with van der Waals surface area (Å²) in [5.74, 6) is -0.107. The third-order valence-corrected chi connectivity index (χ3v) is 3.83. The van der Waals surface area contributed by atoms with Gasteiger partial charge in [-0.25, -0.2) is 9.18 Å². The molecule has 0 radical (unpaired) electrons. The maximum Gasteiger partial charge on any atom is 0.317 e. The Morgan fingerprint density at radius 1 is 1.40 bits per heavy atom. The number of urea groups is 1. The van der Waals surface area contributed by atoms with Gasteiger partial charge < -0.3 is 15.3 Å². The summed E-state index contributed by atoms with van der Waals surface area (Å²) >= 11 is 0. The average Bonchev–Trinajstić information content (AvgIpc) is 2.83. The van der Waals surface area contributed by atoms with Crippen molar-refractivity contribution in [3.63, 3.8) is 0 Å². The molecular weight excluding hydrogens is 259 g/mol. The number of aliphatic hydroxyl groups is 1. The van der Waals surface area contributed by atoms with Crippen LogP contribution in [0.2, 0.25) is 0 Å². The Labute approximate surface area is 118 Å². The minimum Gasteiger partial charge on any atom is -0.393 e. The number of nitrogens with one attached hydrogen (secondary N) is 1. The van der Waals surface area contributed by atoms with Crippen molar-refractivity contribution in [1.82, 2.24) is 10.2 Å². The van der Waals surface area contributed by atoms with Gasteiger partial charge in [-0.3, -0.25) is 0 Å². The lowest BCUT2D eigenvalue weighted by molar-refractivity contribution is 0.114. The molecule has 2 rings (SSSR count). The highest BCUT2D eigenvalue weighted by Gasteiger charge is 2.27. The van der Waals surface area contributed by atoms with Gasteiger partial charge in [-0.05, 0) is 30.5 Å². The summed E-state index contributed by atoms with van der Waals surface area (Å²) in [7, 11) is 1.73. The fourth-order valence-corrected chi connectivity index (χ4v) is 2.58. The number of benzene rings is 1. The molecule has 0 saturated heterocycles. The van der Waals surface area contributed by atoms with Gasteiger partial charge in [-0.1, -0.05) is 18.6 Å². The first kappa shape index (κ1) is 14.8. The molecule has 20 heavy (non-hydrogen) atoms. The van der Waals surface area contributed by atoms with Gasteiger partial charge in [0.2, 0.25) is 0 Å². The van der Waals surface area contributed by atoms with E-state index in [2.05, 4.69) is 5.32 Å². The van der Waals surface area contributed by atoms with Crippen LogP contribution in [0.5, 0.6) is 0 Å². The van der Waals surface area contributed by atoms with Gasteiger partial charge in [-0.15, -0.1) is 0 Å². The van der Waals surface area contributed by atoms with E-state index in [0.717, 1.165) is 24.8 Å². The van der Waals surface area contributed by atoms with Crippen molar-refractivity contribution in [2.24, 2.45) is 5.92 Å². The van der Waals surface area contributed by atoms with E-state index < -0.39 is 0 Å². The van der Waals surface area contributed by atoms with Crippen LogP contribution in [0, 0.1) is 11.7 Å². The summed E-state index contributed by atoms with van der Waals surface area (Å²) < 4.78 is 12.8. The number of rotatable bonds is 4. The van der Waals surface area contributed by atoms with E-state index in [-0.39, 0.29) is 23.9 Å². The van der Waals surface area contributed by atoms with E-state index >= 15 is 0 Å². The molecule has 0 aromatic heterocycles. The van der Waals surface area contributed by atoms with Crippen molar-refractivity contribution in [1.29, 1.82) is 0 Å². The smallest absolute Gasteiger partial charge is 0.317 e. The molecular formula is C15H21FN2O2. The molecule has 1 fully saturated rings. The van der Waals surface area contributed by atoms with E-state index in [1.165, 1.54) is 12.1 Å². The zero-order chi connectivity index (χ0) is 14.5. The quantitative estimate of drug-likeness (QED) is 0.887.